The monoisotopic (exact) mass is 338 g/mol. The van der Waals surface area contributed by atoms with E-state index in [9.17, 15) is 4.79 Å². The van der Waals surface area contributed by atoms with E-state index < -0.39 is 0 Å². The van der Waals surface area contributed by atoms with Gasteiger partial charge in [-0.3, -0.25) is 4.79 Å². The molecule has 0 saturated carbocycles. The van der Waals surface area contributed by atoms with Gasteiger partial charge in [0.2, 0.25) is 5.91 Å². The molecule has 6 heteroatoms. The number of nitrogens with one attached hydrogen (secondary N) is 2. The van der Waals surface area contributed by atoms with Crippen LogP contribution in [0.3, 0.4) is 0 Å². The Hall–Kier alpha value is -1.56. The Morgan fingerprint density at radius 2 is 2.00 bits per heavy atom. The largest absolute Gasteiger partial charge is 0.356 e. The number of nitrogens with zero attached hydrogens (tertiary/aromatic N) is 2. The number of likely N-dealkylation sites (N-methyl/N-ethyl adjacent to an activating group) is 1. The molecule has 1 rings (SSSR count). The van der Waals surface area contributed by atoms with Gasteiger partial charge in [-0.15, -0.1) is 11.3 Å². The third-order valence-corrected chi connectivity index (χ3v) is 4.37. The summed E-state index contributed by atoms with van der Waals surface area (Å²) >= 11 is 1.76. The number of hydrogen-bond acceptors (Lipinski definition) is 3. The molecule has 130 valence electrons. The molecule has 5 nitrogen and oxygen atoms in total. The van der Waals surface area contributed by atoms with Crippen molar-refractivity contribution in [3.63, 3.8) is 0 Å². The highest BCUT2D eigenvalue weighted by atomic mass is 32.1. The molecule has 0 aliphatic heterocycles. The lowest BCUT2D eigenvalue weighted by atomic mass is 10.2. The number of amides is 1. The molecule has 0 unspecified atom stereocenters. The zero-order valence-corrected chi connectivity index (χ0v) is 15.4. The molecule has 0 aliphatic rings. The average molecular weight is 339 g/mol. The van der Waals surface area contributed by atoms with Crippen molar-refractivity contribution < 1.29 is 4.79 Å². The Labute approximate surface area is 144 Å². The van der Waals surface area contributed by atoms with Gasteiger partial charge in [0.15, 0.2) is 5.96 Å². The van der Waals surface area contributed by atoms with Crippen LogP contribution in [0.5, 0.6) is 0 Å². The minimum Gasteiger partial charge on any atom is -0.356 e. The third kappa shape index (κ3) is 9.23. The summed E-state index contributed by atoms with van der Waals surface area (Å²) in [6.07, 6.45) is 5.82. The van der Waals surface area contributed by atoms with Gasteiger partial charge in [0.1, 0.15) is 6.54 Å². The highest BCUT2D eigenvalue weighted by molar-refractivity contribution is 7.09. The van der Waals surface area contributed by atoms with Crippen LogP contribution in [-0.2, 0) is 11.2 Å². The second-order valence-corrected chi connectivity index (χ2v) is 6.73. The molecule has 1 amide bonds. The molecule has 0 saturated heterocycles. The Balaban J connectivity index is 2.39. The summed E-state index contributed by atoms with van der Waals surface area (Å²) in [6.45, 7) is 4.09. The smallest absolute Gasteiger partial charge is 0.243 e. The predicted octanol–water partition coefficient (Wildman–Crippen LogP) is 2.49. The van der Waals surface area contributed by atoms with Crippen LogP contribution in [-0.4, -0.2) is 50.5 Å². The van der Waals surface area contributed by atoms with Crippen LogP contribution in [0.2, 0.25) is 0 Å². The van der Waals surface area contributed by atoms with Crippen LogP contribution >= 0.6 is 11.3 Å². The molecule has 0 bridgehead atoms. The van der Waals surface area contributed by atoms with E-state index in [2.05, 4.69) is 40.1 Å². The van der Waals surface area contributed by atoms with Gasteiger partial charge < -0.3 is 15.5 Å². The normalized spacial score (nSPS) is 11.3. The van der Waals surface area contributed by atoms with E-state index in [1.54, 1.807) is 30.3 Å². The molecule has 2 N–H and O–H groups in total. The number of thiophene rings is 1. The Morgan fingerprint density at radius 1 is 1.22 bits per heavy atom. The maximum Gasteiger partial charge on any atom is 0.243 e. The van der Waals surface area contributed by atoms with Crippen LogP contribution in [0.4, 0.5) is 0 Å². The number of guanidine groups is 1. The molecule has 1 aromatic rings. The molecule has 1 aromatic heterocycles. The molecule has 0 aromatic carbocycles. The Kier molecular flexibility index (Phi) is 10.1. The van der Waals surface area contributed by atoms with E-state index in [4.69, 9.17) is 0 Å². The van der Waals surface area contributed by atoms with Crippen LogP contribution in [0, 0.1) is 0 Å². The van der Waals surface area contributed by atoms with Crippen molar-refractivity contribution in [1.29, 1.82) is 0 Å². The summed E-state index contributed by atoms with van der Waals surface area (Å²) in [5.41, 5.74) is 0. The molecule has 0 fully saturated rings. The molecule has 0 radical (unpaired) electrons. The maximum absolute atomic E-state index is 11.7. The van der Waals surface area contributed by atoms with Crippen molar-refractivity contribution in [2.45, 2.75) is 39.0 Å². The van der Waals surface area contributed by atoms with E-state index in [0.717, 1.165) is 31.9 Å². The van der Waals surface area contributed by atoms with Gasteiger partial charge in [-0.05, 0) is 24.3 Å². The van der Waals surface area contributed by atoms with Crippen LogP contribution < -0.4 is 10.6 Å². The van der Waals surface area contributed by atoms with E-state index in [1.807, 2.05) is 0 Å². The Bertz CT molecular complexity index is 457. The van der Waals surface area contributed by atoms with Gasteiger partial charge in [0.05, 0.1) is 0 Å². The molecule has 1 heterocycles. The van der Waals surface area contributed by atoms with Crippen molar-refractivity contribution in [2.24, 2.45) is 4.99 Å². The summed E-state index contributed by atoms with van der Waals surface area (Å²) in [6, 6.07) is 4.20. The summed E-state index contributed by atoms with van der Waals surface area (Å²) in [5, 5.41) is 8.73. The van der Waals surface area contributed by atoms with Gasteiger partial charge >= 0.3 is 0 Å². The molecule has 0 spiro atoms. The highest BCUT2D eigenvalue weighted by Crippen LogP contribution is 2.07. The van der Waals surface area contributed by atoms with Gasteiger partial charge in [0, 0.05) is 32.1 Å². The highest BCUT2D eigenvalue weighted by Gasteiger charge is 2.04. The minimum atomic E-state index is 0.00957. The first kappa shape index (κ1) is 19.5. The number of unbranched alkanes of at least 4 members (excludes halogenated alkanes) is 3. The molecule has 0 atom stereocenters. The van der Waals surface area contributed by atoms with Gasteiger partial charge in [-0.25, -0.2) is 4.99 Å². The molecular weight excluding hydrogens is 308 g/mol. The number of rotatable bonds is 10. The topological polar surface area (TPSA) is 56.7 Å². The molecule has 23 heavy (non-hydrogen) atoms. The maximum atomic E-state index is 11.7. The van der Waals surface area contributed by atoms with Crippen LogP contribution in [0.25, 0.3) is 0 Å². The summed E-state index contributed by atoms with van der Waals surface area (Å²) < 4.78 is 0. The molecule has 0 aliphatic carbocycles. The lowest BCUT2D eigenvalue weighted by molar-refractivity contribution is -0.127. The number of aliphatic imine (C=N–C) groups is 1. The Morgan fingerprint density at radius 3 is 2.65 bits per heavy atom. The summed E-state index contributed by atoms with van der Waals surface area (Å²) in [5.74, 6) is 0.739. The van der Waals surface area contributed by atoms with E-state index >= 15 is 0 Å². The van der Waals surface area contributed by atoms with Crippen molar-refractivity contribution in [1.82, 2.24) is 15.5 Å². The predicted molar refractivity (Wildman–Crippen MR) is 99.2 cm³/mol. The zero-order chi connectivity index (χ0) is 16.9. The van der Waals surface area contributed by atoms with Crippen molar-refractivity contribution in [2.75, 3.05) is 33.7 Å². The van der Waals surface area contributed by atoms with E-state index in [0.29, 0.717) is 0 Å². The lowest BCUT2D eigenvalue weighted by Gasteiger charge is -2.13. The van der Waals surface area contributed by atoms with Crippen LogP contribution in [0.1, 0.15) is 37.5 Å². The first-order chi connectivity index (χ1) is 11.1. The standard InChI is InChI=1S/C17H30N4OS/c1-4-5-6-7-11-18-17(20-14-16(22)21(2)3)19-12-10-15-9-8-13-23-15/h8-9,13H,4-7,10-12,14H2,1-3H3,(H2,18,19,20). The number of hydrogen-bond donors (Lipinski definition) is 2. The van der Waals surface area contributed by atoms with Crippen molar-refractivity contribution >= 4 is 23.2 Å². The number of carbonyl (C=O) groups excluding carboxylic acids is 1. The van der Waals surface area contributed by atoms with Gasteiger partial charge in [-0.2, -0.15) is 0 Å². The fourth-order valence-electron chi connectivity index (χ4n) is 1.98. The quantitative estimate of drug-likeness (QED) is 0.391. The minimum absolute atomic E-state index is 0.00957. The van der Waals surface area contributed by atoms with Gasteiger partial charge in [0.25, 0.3) is 0 Å². The first-order valence-electron chi connectivity index (χ1n) is 8.38. The number of carbonyl (C=O) groups is 1. The first-order valence-corrected chi connectivity index (χ1v) is 9.26. The SMILES string of the molecule is CCCCCCNC(=NCC(=O)N(C)C)NCCc1cccs1. The van der Waals surface area contributed by atoms with E-state index in [1.165, 1.54) is 24.1 Å². The zero-order valence-electron chi connectivity index (χ0n) is 14.6. The second-order valence-electron chi connectivity index (χ2n) is 5.70. The lowest BCUT2D eigenvalue weighted by Crippen LogP contribution is -2.39. The average Bonchev–Trinajstić information content (AvgIpc) is 3.04. The van der Waals surface area contributed by atoms with Gasteiger partial charge in [-0.1, -0.05) is 32.3 Å². The van der Waals surface area contributed by atoms with Crippen molar-refractivity contribution in [3.8, 4) is 0 Å². The summed E-state index contributed by atoms with van der Waals surface area (Å²) in [4.78, 5) is 19.0. The molecular formula is C17H30N4OS. The second kappa shape index (κ2) is 11.9. The third-order valence-electron chi connectivity index (χ3n) is 3.44. The fraction of sp³-hybridized carbons (Fsp3) is 0.647. The summed E-state index contributed by atoms with van der Waals surface area (Å²) in [7, 11) is 3.50. The fourth-order valence-corrected chi connectivity index (χ4v) is 2.69. The van der Waals surface area contributed by atoms with Crippen LogP contribution in [0.15, 0.2) is 22.5 Å². The van der Waals surface area contributed by atoms with E-state index in [-0.39, 0.29) is 12.5 Å². The van der Waals surface area contributed by atoms with Crippen molar-refractivity contribution in [3.05, 3.63) is 22.4 Å².